The summed E-state index contributed by atoms with van der Waals surface area (Å²) in [6, 6.07) is 40.7. The lowest BCUT2D eigenvalue weighted by atomic mass is 9.90. The summed E-state index contributed by atoms with van der Waals surface area (Å²) in [4.78, 5) is 14.6. The molecule has 0 spiro atoms. The summed E-state index contributed by atoms with van der Waals surface area (Å²) >= 11 is 0. The van der Waals surface area contributed by atoms with Gasteiger partial charge in [0.2, 0.25) is 0 Å². The van der Waals surface area contributed by atoms with Crippen molar-refractivity contribution >= 4 is 50.6 Å². The summed E-state index contributed by atoms with van der Waals surface area (Å²) in [5.74, 6) is 2.13. The second kappa shape index (κ2) is 13.3. The van der Waals surface area contributed by atoms with Crippen LogP contribution >= 0.6 is 0 Å². The molecule has 54 heavy (non-hydrogen) atoms. The van der Waals surface area contributed by atoms with Crippen molar-refractivity contribution < 1.29 is 0 Å². The molecule has 268 valence electrons. The highest BCUT2D eigenvalue weighted by Crippen LogP contribution is 2.44. The van der Waals surface area contributed by atoms with Crippen molar-refractivity contribution in [3.05, 3.63) is 165 Å². The molecule has 0 aliphatic heterocycles. The van der Waals surface area contributed by atoms with Gasteiger partial charge < -0.3 is 4.57 Å². The van der Waals surface area contributed by atoms with Crippen LogP contribution in [0.1, 0.15) is 56.2 Å². The maximum Gasteiger partial charge on any atom is 0.179 e. The zero-order valence-corrected chi connectivity index (χ0v) is 34.2. The van der Waals surface area contributed by atoms with Gasteiger partial charge in [0.25, 0.3) is 0 Å². The van der Waals surface area contributed by atoms with Crippen LogP contribution in [0.25, 0.3) is 38.9 Å². The van der Waals surface area contributed by atoms with E-state index < -0.39 is 8.07 Å². The number of aromatic nitrogens is 4. The second-order valence-corrected chi connectivity index (χ2v) is 18.9. The highest BCUT2D eigenvalue weighted by Gasteiger charge is 2.42. The van der Waals surface area contributed by atoms with Gasteiger partial charge in [0.1, 0.15) is 11.6 Å². The van der Waals surface area contributed by atoms with Crippen LogP contribution in [0.15, 0.2) is 109 Å². The number of hydrogen-bond donors (Lipinski definition) is 0. The van der Waals surface area contributed by atoms with E-state index in [0.29, 0.717) is 17.5 Å². The van der Waals surface area contributed by atoms with Crippen LogP contribution in [0.3, 0.4) is 0 Å². The number of aryl methyl sites for hydroxylation is 6. The zero-order chi connectivity index (χ0) is 38.1. The molecule has 5 heteroatoms. The molecule has 0 saturated carbocycles. The van der Waals surface area contributed by atoms with Crippen molar-refractivity contribution in [2.45, 2.75) is 69.2 Å². The Labute approximate surface area is 320 Å². The van der Waals surface area contributed by atoms with Crippen molar-refractivity contribution in [1.82, 2.24) is 19.5 Å². The Balaban J connectivity index is 1.64. The average molecular weight is 721 g/mol. The number of nitrogens with zero attached hydrogens (tertiary/aromatic N) is 4. The monoisotopic (exact) mass is 720 g/mol. The smallest absolute Gasteiger partial charge is 0.179 e. The van der Waals surface area contributed by atoms with Crippen LogP contribution in [0.5, 0.6) is 0 Å². The van der Waals surface area contributed by atoms with Crippen LogP contribution in [0, 0.1) is 69.2 Å². The van der Waals surface area contributed by atoms with Gasteiger partial charge in [0.15, 0.2) is 13.9 Å². The average Bonchev–Trinajstić information content (AvgIpc) is 3.55. The van der Waals surface area contributed by atoms with Gasteiger partial charge >= 0.3 is 0 Å². The van der Waals surface area contributed by atoms with Crippen molar-refractivity contribution in [1.29, 1.82) is 0 Å². The minimum atomic E-state index is -2.88. The highest BCUT2D eigenvalue weighted by atomic mass is 28.3. The summed E-state index contributed by atoms with van der Waals surface area (Å²) in [5.41, 5.74) is 15.3. The number of fused-ring (bicyclic) bond motifs is 3. The fourth-order valence-electron chi connectivity index (χ4n) is 9.05. The van der Waals surface area contributed by atoms with Crippen molar-refractivity contribution in [2.75, 3.05) is 0 Å². The van der Waals surface area contributed by atoms with Crippen molar-refractivity contribution in [3.63, 3.8) is 0 Å². The van der Waals surface area contributed by atoms with E-state index in [9.17, 15) is 0 Å². The molecule has 2 aromatic heterocycles. The Hall–Kier alpha value is -5.65. The molecule has 0 amide bonds. The van der Waals surface area contributed by atoms with E-state index in [1.165, 1.54) is 87.1 Å². The van der Waals surface area contributed by atoms with Crippen molar-refractivity contribution in [3.8, 4) is 17.1 Å². The van der Waals surface area contributed by atoms with Crippen LogP contribution in [0.4, 0.5) is 0 Å². The van der Waals surface area contributed by atoms with Gasteiger partial charge in [-0.25, -0.2) is 15.0 Å². The van der Waals surface area contributed by atoms with Gasteiger partial charge in [-0.05, 0) is 147 Å². The molecule has 0 N–H and O–H groups in total. The first-order valence-electron chi connectivity index (χ1n) is 19.0. The Morgan fingerprint density at radius 2 is 0.778 bits per heavy atom. The Morgan fingerprint density at radius 3 is 1.19 bits per heavy atom. The third-order valence-electron chi connectivity index (χ3n) is 12.4. The highest BCUT2D eigenvalue weighted by molar-refractivity contribution is 7.19. The van der Waals surface area contributed by atoms with E-state index in [0.717, 1.165) is 11.3 Å². The topological polar surface area (TPSA) is 43.6 Å². The van der Waals surface area contributed by atoms with Gasteiger partial charge in [0, 0.05) is 16.3 Å². The van der Waals surface area contributed by atoms with Gasteiger partial charge in [-0.2, -0.15) is 0 Å². The summed E-state index contributed by atoms with van der Waals surface area (Å²) in [5, 5.41) is 8.00. The predicted octanol–water partition coefficient (Wildman–Crippen LogP) is 9.10. The Bertz CT molecular complexity index is 2550. The lowest BCUT2D eigenvalue weighted by Gasteiger charge is -2.35. The summed E-state index contributed by atoms with van der Waals surface area (Å²) in [7, 11) is -2.88. The quantitative estimate of drug-likeness (QED) is 0.127. The molecule has 0 atom stereocenters. The minimum absolute atomic E-state index is 0.694. The van der Waals surface area contributed by atoms with E-state index >= 15 is 0 Å². The summed E-state index contributed by atoms with van der Waals surface area (Å²) in [6.45, 7) is 22.3. The molecule has 0 fully saturated rings. The normalized spacial score (nSPS) is 11.9. The third kappa shape index (κ3) is 5.20. The maximum atomic E-state index is 5.02. The van der Waals surface area contributed by atoms with Gasteiger partial charge in [-0.3, -0.25) is 0 Å². The SMILES string of the molecule is Cc1nc(C)nc(-c2ccc([Si](c3ccccc3)(c3ccccc3)c3ccccc3)cc2-n2c3c(C)c(C)c(C)c(C)c3c3c(C)c(C)c(C)c(C)c32)n1. The Kier molecular flexibility index (Phi) is 8.73. The molecule has 0 unspecified atom stereocenters. The first kappa shape index (κ1) is 35.4. The second-order valence-electron chi connectivity index (χ2n) is 15.1. The summed E-state index contributed by atoms with van der Waals surface area (Å²) < 4.78 is 2.58. The molecule has 0 radical (unpaired) electrons. The molecule has 6 aromatic carbocycles. The van der Waals surface area contributed by atoms with Gasteiger partial charge in [-0.1, -0.05) is 97.1 Å². The van der Waals surface area contributed by atoms with Gasteiger partial charge in [-0.15, -0.1) is 0 Å². The summed E-state index contributed by atoms with van der Waals surface area (Å²) in [6.07, 6.45) is 0. The van der Waals surface area contributed by atoms with E-state index in [2.05, 4.69) is 174 Å². The first-order valence-corrected chi connectivity index (χ1v) is 21.0. The predicted molar refractivity (Wildman–Crippen MR) is 231 cm³/mol. The maximum absolute atomic E-state index is 5.02. The standard InChI is InChI=1S/C49H48N4Si/c1-29-31(3)35(7)47-45(33(29)5)46-34(6)30(2)32(4)36(8)48(46)53(47)44-28-42(26-27-43(44)49-51-37(9)50-38(10)52-49)54(39-20-14-11-15-21-39,40-22-16-12-17-23-40)41-24-18-13-19-25-41/h11-28H,1-10H3. The van der Waals surface area contributed by atoms with Crippen molar-refractivity contribution in [2.24, 2.45) is 0 Å². The molecule has 4 nitrogen and oxygen atoms in total. The molecular weight excluding hydrogens is 673 g/mol. The third-order valence-corrected chi connectivity index (χ3v) is 17.2. The molecule has 0 saturated heterocycles. The number of hydrogen-bond acceptors (Lipinski definition) is 3. The Morgan fingerprint density at radius 1 is 0.389 bits per heavy atom. The van der Waals surface area contributed by atoms with Crippen LogP contribution in [-0.4, -0.2) is 27.6 Å². The molecule has 2 heterocycles. The van der Waals surface area contributed by atoms with E-state index in [-0.39, 0.29) is 0 Å². The van der Waals surface area contributed by atoms with Gasteiger partial charge in [0.05, 0.1) is 16.7 Å². The molecule has 0 aliphatic carbocycles. The van der Waals surface area contributed by atoms with Crippen LogP contribution < -0.4 is 20.7 Å². The molecule has 8 rings (SSSR count). The minimum Gasteiger partial charge on any atom is -0.308 e. The number of benzene rings is 6. The molecule has 8 aromatic rings. The lowest BCUT2D eigenvalue weighted by Crippen LogP contribution is -2.74. The number of rotatable bonds is 6. The lowest BCUT2D eigenvalue weighted by molar-refractivity contribution is 0.926. The largest absolute Gasteiger partial charge is 0.308 e. The van der Waals surface area contributed by atoms with Crippen LogP contribution in [0.2, 0.25) is 0 Å². The van der Waals surface area contributed by atoms with E-state index in [1.807, 2.05) is 13.8 Å². The fraction of sp³-hybridized carbons (Fsp3) is 0.204. The van der Waals surface area contributed by atoms with Crippen LogP contribution in [-0.2, 0) is 0 Å². The zero-order valence-electron chi connectivity index (χ0n) is 33.2. The first-order chi connectivity index (χ1) is 26.0. The van der Waals surface area contributed by atoms with E-state index in [1.54, 1.807) is 0 Å². The molecule has 0 bridgehead atoms. The molecular formula is C49H48N4Si. The molecule has 0 aliphatic rings. The van der Waals surface area contributed by atoms with E-state index in [4.69, 9.17) is 9.97 Å². The fourth-order valence-corrected chi connectivity index (χ4v) is 13.8.